The zero-order valence-electron chi connectivity index (χ0n) is 16.9. The molecule has 7 nitrogen and oxygen atoms in total. The Morgan fingerprint density at radius 1 is 1.14 bits per heavy atom. The maximum absolute atomic E-state index is 13.6. The number of hydrogen-bond acceptors (Lipinski definition) is 7. The monoisotopic (exact) mass is 425 g/mol. The Labute approximate surface area is 175 Å². The summed E-state index contributed by atoms with van der Waals surface area (Å²) in [6.45, 7) is 5.19. The van der Waals surface area contributed by atoms with Crippen LogP contribution in [0.1, 0.15) is 5.56 Å². The summed E-state index contributed by atoms with van der Waals surface area (Å²) in [4.78, 5) is 30.6. The first kappa shape index (κ1) is 21.9. The zero-order valence-corrected chi connectivity index (χ0v) is 17.8. The minimum Gasteiger partial charge on any atom is -0.496 e. The van der Waals surface area contributed by atoms with Crippen molar-refractivity contribution in [3.63, 3.8) is 0 Å². The zero-order chi connectivity index (χ0) is 20.8. The molecule has 2 aliphatic heterocycles. The number of hydrogen-bond donors (Lipinski definition) is 0. The van der Waals surface area contributed by atoms with Gasteiger partial charge in [-0.1, -0.05) is 0 Å². The van der Waals surface area contributed by atoms with Crippen LogP contribution in [0.5, 0.6) is 5.75 Å². The van der Waals surface area contributed by atoms with Crippen molar-refractivity contribution in [3.8, 4) is 5.75 Å². The molecule has 2 heterocycles. The molecule has 0 unspecified atom stereocenters. The van der Waals surface area contributed by atoms with E-state index in [-0.39, 0.29) is 22.9 Å². The molecule has 3 rings (SSSR count). The molecule has 1 aromatic rings. The summed E-state index contributed by atoms with van der Waals surface area (Å²) in [5.74, 6) is 0.949. The third-order valence-corrected chi connectivity index (χ3v) is 6.51. The molecule has 0 saturated carbocycles. The van der Waals surface area contributed by atoms with Crippen LogP contribution in [0.2, 0.25) is 0 Å². The maximum Gasteiger partial charge on any atom is 0.320 e. The fraction of sp³-hybridized carbons (Fsp3) is 0.600. The minimum absolute atomic E-state index is 0.0550. The highest BCUT2D eigenvalue weighted by Gasteiger charge is 2.30. The highest BCUT2D eigenvalue weighted by molar-refractivity contribution is 8.00. The minimum atomic E-state index is -0.296. The van der Waals surface area contributed by atoms with Crippen molar-refractivity contribution >= 4 is 23.6 Å². The number of benzene rings is 1. The molecule has 2 saturated heterocycles. The number of rotatable bonds is 6. The highest BCUT2D eigenvalue weighted by atomic mass is 32.2. The number of methoxy groups -OCH3 is 2. The van der Waals surface area contributed by atoms with Gasteiger partial charge < -0.3 is 14.4 Å². The van der Waals surface area contributed by atoms with Crippen molar-refractivity contribution in [2.45, 2.75) is 11.8 Å². The van der Waals surface area contributed by atoms with E-state index in [9.17, 15) is 14.0 Å². The van der Waals surface area contributed by atoms with Crippen LogP contribution in [0.4, 0.5) is 4.39 Å². The number of piperazine rings is 1. The molecule has 0 spiro atoms. The quantitative estimate of drug-likeness (QED) is 0.632. The topological polar surface area (TPSA) is 62.3 Å². The Balaban J connectivity index is 1.47. The van der Waals surface area contributed by atoms with Gasteiger partial charge in [-0.05, 0) is 18.2 Å². The molecule has 160 valence electrons. The molecule has 0 aromatic heterocycles. The van der Waals surface area contributed by atoms with Crippen molar-refractivity contribution in [1.29, 1.82) is 0 Å². The average Bonchev–Trinajstić information content (AvgIpc) is 2.75. The summed E-state index contributed by atoms with van der Waals surface area (Å²) in [6.07, 6.45) is 0. The normalized spacial score (nSPS) is 21.1. The third kappa shape index (κ3) is 5.83. The number of carbonyl (C=O) groups is 2. The molecule has 9 heteroatoms. The molecule has 0 N–H and O–H groups in total. The number of esters is 1. The van der Waals surface area contributed by atoms with Crippen molar-refractivity contribution in [2.24, 2.45) is 0 Å². The van der Waals surface area contributed by atoms with Gasteiger partial charge in [-0.2, -0.15) is 0 Å². The summed E-state index contributed by atoms with van der Waals surface area (Å²) in [5.41, 5.74) is 0.830. The van der Waals surface area contributed by atoms with E-state index in [0.29, 0.717) is 31.9 Å². The molecular weight excluding hydrogens is 397 g/mol. The number of amides is 1. The van der Waals surface area contributed by atoms with Gasteiger partial charge in [0, 0.05) is 57.1 Å². The lowest BCUT2D eigenvalue weighted by atomic mass is 10.1. The SMILES string of the molecule is COC(=O)[C@@H]1CN(C(=O)CN2CCN(Cc3cc(F)ccc3OC)CC2)CCS1. The summed E-state index contributed by atoms with van der Waals surface area (Å²) in [5, 5.41) is -0.296. The second-order valence-corrected chi connectivity index (χ2v) is 8.54. The molecule has 0 aliphatic carbocycles. The second kappa shape index (κ2) is 10.3. The lowest BCUT2D eigenvalue weighted by molar-refractivity contribution is -0.141. The lowest BCUT2D eigenvalue weighted by Crippen LogP contribution is -2.52. The Bertz CT molecular complexity index is 728. The average molecular weight is 426 g/mol. The van der Waals surface area contributed by atoms with E-state index in [0.717, 1.165) is 37.5 Å². The fourth-order valence-electron chi connectivity index (χ4n) is 3.66. The number of ether oxygens (including phenoxy) is 2. The van der Waals surface area contributed by atoms with Gasteiger partial charge in [-0.3, -0.25) is 19.4 Å². The van der Waals surface area contributed by atoms with Crippen LogP contribution >= 0.6 is 11.8 Å². The molecule has 0 radical (unpaired) electrons. The van der Waals surface area contributed by atoms with Gasteiger partial charge in [-0.25, -0.2) is 4.39 Å². The van der Waals surface area contributed by atoms with Gasteiger partial charge in [0.2, 0.25) is 5.91 Å². The van der Waals surface area contributed by atoms with Crippen LogP contribution in [-0.2, 0) is 20.9 Å². The van der Waals surface area contributed by atoms with E-state index in [4.69, 9.17) is 9.47 Å². The molecule has 1 amide bonds. The molecule has 1 atom stereocenters. The van der Waals surface area contributed by atoms with E-state index < -0.39 is 0 Å². The Morgan fingerprint density at radius 3 is 2.55 bits per heavy atom. The van der Waals surface area contributed by atoms with Gasteiger partial charge in [0.25, 0.3) is 0 Å². The molecule has 0 bridgehead atoms. The largest absolute Gasteiger partial charge is 0.496 e. The molecule has 29 heavy (non-hydrogen) atoms. The molecular formula is C20H28FN3O4S. The van der Waals surface area contributed by atoms with Gasteiger partial charge in [0.05, 0.1) is 20.8 Å². The predicted molar refractivity (Wildman–Crippen MR) is 110 cm³/mol. The Hall–Kier alpha value is -1.84. The number of halogens is 1. The van der Waals surface area contributed by atoms with Crippen LogP contribution < -0.4 is 4.74 Å². The predicted octanol–water partition coefficient (Wildman–Crippen LogP) is 1.07. The maximum atomic E-state index is 13.6. The van der Waals surface area contributed by atoms with E-state index in [1.165, 1.54) is 19.2 Å². The van der Waals surface area contributed by atoms with E-state index in [1.807, 2.05) is 0 Å². The standard InChI is InChI=1S/C20H28FN3O4S/c1-27-17-4-3-16(21)11-15(17)12-22-5-7-23(8-6-22)14-19(25)24-9-10-29-18(13-24)20(26)28-2/h3-4,11,18H,5-10,12-14H2,1-2H3/t18-/m0/s1. The van der Waals surface area contributed by atoms with Crippen molar-refractivity contribution < 1.29 is 23.5 Å². The molecule has 1 aromatic carbocycles. The smallest absolute Gasteiger partial charge is 0.320 e. The van der Waals surface area contributed by atoms with Crippen molar-refractivity contribution in [1.82, 2.24) is 14.7 Å². The van der Waals surface area contributed by atoms with Crippen LogP contribution in [-0.4, -0.2) is 97.6 Å². The third-order valence-electron chi connectivity index (χ3n) is 5.34. The van der Waals surface area contributed by atoms with Gasteiger partial charge in [0.1, 0.15) is 16.8 Å². The first-order valence-electron chi connectivity index (χ1n) is 9.74. The number of nitrogens with zero attached hydrogens (tertiary/aromatic N) is 3. The van der Waals surface area contributed by atoms with E-state index in [2.05, 4.69) is 9.80 Å². The van der Waals surface area contributed by atoms with Crippen LogP contribution in [0, 0.1) is 5.82 Å². The Kier molecular flexibility index (Phi) is 7.74. The number of thioether (sulfide) groups is 1. The molecule has 2 aliphatic rings. The summed E-state index contributed by atoms with van der Waals surface area (Å²) >= 11 is 1.54. The van der Waals surface area contributed by atoms with Gasteiger partial charge in [-0.15, -0.1) is 11.8 Å². The van der Waals surface area contributed by atoms with Crippen LogP contribution in [0.25, 0.3) is 0 Å². The van der Waals surface area contributed by atoms with E-state index in [1.54, 1.807) is 29.8 Å². The second-order valence-electron chi connectivity index (χ2n) is 7.23. The van der Waals surface area contributed by atoms with Crippen molar-refractivity contribution in [2.75, 3.05) is 65.8 Å². The summed E-state index contributed by atoms with van der Waals surface area (Å²) in [6, 6.07) is 4.56. The van der Waals surface area contributed by atoms with Gasteiger partial charge >= 0.3 is 5.97 Å². The lowest BCUT2D eigenvalue weighted by Gasteiger charge is -2.37. The fourth-order valence-corrected chi connectivity index (χ4v) is 4.79. The van der Waals surface area contributed by atoms with Crippen LogP contribution in [0.3, 0.4) is 0 Å². The first-order chi connectivity index (χ1) is 14.0. The summed E-state index contributed by atoms with van der Waals surface area (Å²) in [7, 11) is 2.96. The van der Waals surface area contributed by atoms with E-state index >= 15 is 0 Å². The highest BCUT2D eigenvalue weighted by Crippen LogP contribution is 2.22. The number of carbonyl (C=O) groups excluding carboxylic acids is 2. The van der Waals surface area contributed by atoms with Gasteiger partial charge in [0.15, 0.2) is 0 Å². The Morgan fingerprint density at radius 2 is 1.86 bits per heavy atom. The van der Waals surface area contributed by atoms with Crippen molar-refractivity contribution in [3.05, 3.63) is 29.6 Å². The summed E-state index contributed by atoms with van der Waals surface area (Å²) < 4.78 is 23.7. The first-order valence-corrected chi connectivity index (χ1v) is 10.8. The molecule has 2 fully saturated rings. The van der Waals surface area contributed by atoms with Crippen LogP contribution in [0.15, 0.2) is 18.2 Å².